The molecule has 21 heavy (non-hydrogen) atoms. The molecule has 3 fully saturated rings. The van der Waals surface area contributed by atoms with Gasteiger partial charge in [0, 0.05) is 18.6 Å². The Morgan fingerprint density at radius 1 is 0.952 bits per heavy atom. The van der Waals surface area contributed by atoms with Gasteiger partial charge in [-0.05, 0) is 44.4 Å². The van der Waals surface area contributed by atoms with Gasteiger partial charge in [-0.3, -0.25) is 4.79 Å². The zero-order valence-corrected chi connectivity index (χ0v) is 12.6. The number of fused-ring (bicyclic) bond motifs is 1. The molecule has 0 radical (unpaired) electrons. The fraction of sp³-hybridized carbons (Fsp3) is 0.875. The standard InChI is InChI=1S/C16H26N2O3/c19-15(20)12-7-3-8-13(12)17-16(21)18-10-4-6-11-5-1-2-9-14(11)18/h11-14H,1-10H2,(H,17,21)(H,19,20). The van der Waals surface area contributed by atoms with E-state index in [9.17, 15) is 14.7 Å². The summed E-state index contributed by atoms with van der Waals surface area (Å²) in [6.07, 6.45) is 9.58. The average Bonchev–Trinajstić information content (AvgIpc) is 2.95. The number of amides is 2. The van der Waals surface area contributed by atoms with Crippen molar-refractivity contribution in [1.29, 1.82) is 0 Å². The van der Waals surface area contributed by atoms with Crippen molar-refractivity contribution < 1.29 is 14.7 Å². The number of carboxylic acid groups (broad SMARTS) is 1. The van der Waals surface area contributed by atoms with Crippen LogP contribution in [0.25, 0.3) is 0 Å². The minimum Gasteiger partial charge on any atom is -0.481 e. The first kappa shape index (κ1) is 14.7. The summed E-state index contributed by atoms with van der Waals surface area (Å²) in [5.41, 5.74) is 0. The highest BCUT2D eigenvalue weighted by molar-refractivity contribution is 5.77. The summed E-state index contributed by atoms with van der Waals surface area (Å²) in [5, 5.41) is 12.2. The van der Waals surface area contributed by atoms with Gasteiger partial charge >= 0.3 is 12.0 Å². The van der Waals surface area contributed by atoms with Gasteiger partial charge in [0.05, 0.1) is 5.92 Å². The van der Waals surface area contributed by atoms with Gasteiger partial charge in [-0.1, -0.05) is 19.3 Å². The Labute approximate surface area is 126 Å². The highest BCUT2D eigenvalue weighted by atomic mass is 16.4. The molecular weight excluding hydrogens is 268 g/mol. The number of hydrogen-bond acceptors (Lipinski definition) is 2. The summed E-state index contributed by atoms with van der Waals surface area (Å²) in [6.45, 7) is 0.831. The normalized spacial score (nSPS) is 36.1. The lowest BCUT2D eigenvalue weighted by molar-refractivity contribution is -0.142. The first-order chi connectivity index (χ1) is 10.2. The molecule has 4 atom stereocenters. The Kier molecular flexibility index (Phi) is 4.36. The summed E-state index contributed by atoms with van der Waals surface area (Å²) >= 11 is 0. The molecule has 5 heteroatoms. The number of nitrogens with one attached hydrogen (secondary N) is 1. The number of carbonyl (C=O) groups is 2. The van der Waals surface area contributed by atoms with Crippen LogP contribution in [-0.2, 0) is 4.79 Å². The number of likely N-dealkylation sites (tertiary alicyclic amines) is 1. The predicted octanol–water partition coefficient (Wildman–Crippen LogP) is 2.60. The molecule has 3 aliphatic rings. The Bertz CT molecular complexity index is 410. The van der Waals surface area contributed by atoms with E-state index in [1.165, 1.54) is 25.7 Å². The molecule has 1 heterocycles. The molecule has 2 N–H and O–H groups in total. The summed E-state index contributed by atoms with van der Waals surface area (Å²) in [5.74, 6) is -0.509. The molecule has 2 amide bonds. The minimum atomic E-state index is -0.771. The molecule has 2 aliphatic carbocycles. The molecule has 2 saturated carbocycles. The van der Waals surface area contributed by atoms with Crippen molar-refractivity contribution >= 4 is 12.0 Å². The van der Waals surface area contributed by atoms with Gasteiger partial charge in [0.15, 0.2) is 0 Å². The molecule has 5 nitrogen and oxygen atoms in total. The van der Waals surface area contributed by atoms with Crippen molar-refractivity contribution in [1.82, 2.24) is 10.2 Å². The number of piperidine rings is 1. The van der Waals surface area contributed by atoms with Gasteiger partial charge < -0.3 is 15.3 Å². The molecule has 0 spiro atoms. The molecule has 0 aromatic carbocycles. The van der Waals surface area contributed by atoms with Crippen LogP contribution in [0.5, 0.6) is 0 Å². The van der Waals surface area contributed by atoms with E-state index in [2.05, 4.69) is 5.32 Å². The van der Waals surface area contributed by atoms with Crippen molar-refractivity contribution in [3.8, 4) is 0 Å². The van der Waals surface area contributed by atoms with Gasteiger partial charge in [0.25, 0.3) is 0 Å². The second-order valence-electron chi connectivity index (χ2n) is 6.88. The van der Waals surface area contributed by atoms with Crippen molar-refractivity contribution in [3.05, 3.63) is 0 Å². The van der Waals surface area contributed by atoms with E-state index in [0.29, 0.717) is 18.4 Å². The summed E-state index contributed by atoms with van der Waals surface area (Å²) in [6, 6.07) is 0.181. The second kappa shape index (κ2) is 6.24. The van der Waals surface area contributed by atoms with Crippen LogP contribution in [0.15, 0.2) is 0 Å². The first-order valence-corrected chi connectivity index (χ1v) is 8.47. The summed E-state index contributed by atoms with van der Waals surface area (Å²) in [7, 11) is 0. The number of nitrogens with zero attached hydrogens (tertiary/aromatic N) is 1. The molecule has 0 aromatic rings. The largest absolute Gasteiger partial charge is 0.481 e. The number of aliphatic carboxylic acids is 1. The van der Waals surface area contributed by atoms with Crippen LogP contribution in [0.1, 0.15) is 57.8 Å². The fourth-order valence-electron chi connectivity index (χ4n) is 4.55. The Hall–Kier alpha value is -1.26. The molecular formula is C16H26N2O3. The third-order valence-corrected chi connectivity index (χ3v) is 5.65. The van der Waals surface area contributed by atoms with E-state index < -0.39 is 11.9 Å². The van der Waals surface area contributed by atoms with E-state index in [1.54, 1.807) is 0 Å². The zero-order chi connectivity index (χ0) is 14.8. The maximum Gasteiger partial charge on any atom is 0.317 e. The molecule has 3 rings (SSSR count). The van der Waals surface area contributed by atoms with E-state index in [0.717, 1.165) is 32.2 Å². The van der Waals surface area contributed by atoms with Crippen LogP contribution in [0.2, 0.25) is 0 Å². The second-order valence-corrected chi connectivity index (χ2v) is 6.88. The average molecular weight is 294 g/mol. The van der Waals surface area contributed by atoms with E-state index >= 15 is 0 Å². The lowest BCUT2D eigenvalue weighted by Gasteiger charge is -2.44. The maximum absolute atomic E-state index is 12.6. The van der Waals surface area contributed by atoms with Gasteiger partial charge in [0.1, 0.15) is 0 Å². The highest BCUT2D eigenvalue weighted by Crippen LogP contribution is 2.35. The lowest BCUT2D eigenvalue weighted by Crippen LogP contribution is -2.55. The van der Waals surface area contributed by atoms with Crippen LogP contribution in [0.3, 0.4) is 0 Å². The van der Waals surface area contributed by atoms with Crippen LogP contribution in [0, 0.1) is 11.8 Å². The quantitative estimate of drug-likeness (QED) is 0.822. The molecule has 0 aromatic heterocycles. The third kappa shape index (κ3) is 3.01. The van der Waals surface area contributed by atoms with Crippen LogP contribution in [-0.4, -0.2) is 40.6 Å². The lowest BCUT2D eigenvalue weighted by atomic mass is 9.78. The number of rotatable bonds is 2. The van der Waals surface area contributed by atoms with Crippen molar-refractivity contribution in [2.75, 3.05) is 6.54 Å². The third-order valence-electron chi connectivity index (χ3n) is 5.65. The Morgan fingerprint density at radius 3 is 2.52 bits per heavy atom. The maximum atomic E-state index is 12.6. The van der Waals surface area contributed by atoms with E-state index in [-0.39, 0.29) is 12.1 Å². The van der Waals surface area contributed by atoms with Crippen LogP contribution in [0.4, 0.5) is 4.79 Å². The van der Waals surface area contributed by atoms with Crippen molar-refractivity contribution in [2.24, 2.45) is 11.8 Å². The molecule has 1 saturated heterocycles. The topological polar surface area (TPSA) is 69.6 Å². The van der Waals surface area contributed by atoms with Gasteiger partial charge in [-0.25, -0.2) is 4.79 Å². The minimum absolute atomic E-state index is 0.0234. The summed E-state index contributed by atoms with van der Waals surface area (Å²) < 4.78 is 0. The van der Waals surface area contributed by atoms with E-state index in [4.69, 9.17) is 0 Å². The van der Waals surface area contributed by atoms with Gasteiger partial charge in [-0.15, -0.1) is 0 Å². The number of carbonyl (C=O) groups excluding carboxylic acids is 1. The molecule has 118 valence electrons. The van der Waals surface area contributed by atoms with Crippen molar-refractivity contribution in [3.63, 3.8) is 0 Å². The number of carboxylic acids is 1. The highest BCUT2D eigenvalue weighted by Gasteiger charge is 2.39. The monoisotopic (exact) mass is 294 g/mol. The van der Waals surface area contributed by atoms with Gasteiger partial charge in [-0.2, -0.15) is 0 Å². The molecule has 0 bridgehead atoms. The zero-order valence-electron chi connectivity index (χ0n) is 12.6. The van der Waals surface area contributed by atoms with E-state index in [1.807, 2.05) is 4.90 Å². The number of hydrogen-bond donors (Lipinski definition) is 2. The van der Waals surface area contributed by atoms with Gasteiger partial charge in [0.2, 0.25) is 0 Å². The van der Waals surface area contributed by atoms with Crippen LogP contribution < -0.4 is 5.32 Å². The Balaban J connectivity index is 1.62. The number of urea groups is 1. The Morgan fingerprint density at radius 2 is 1.71 bits per heavy atom. The SMILES string of the molecule is O=C(O)C1CCCC1NC(=O)N1CCCC2CCCCC21. The first-order valence-electron chi connectivity index (χ1n) is 8.47. The molecule has 4 unspecified atom stereocenters. The predicted molar refractivity (Wildman–Crippen MR) is 79.0 cm³/mol. The molecule has 1 aliphatic heterocycles. The van der Waals surface area contributed by atoms with Crippen molar-refractivity contribution in [2.45, 2.75) is 69.9 Å². The van der Waals surface area contributed by atoms with Crippen LogP contribution >= 0.6 is 0 Å². The smallest absolute Gasteiger partial charge is 0.317 e. The summed E-state index contributed by atoms with van der Waals surface area (Å²) in [4.78, 5) is 25.8. The fourth-order valence-corrected chi connectivity index (χ4v) is 4.55.